The van der Waals surface area contributed by atoms with E-state index in [2.05, 4.69) is 0 Å². The summed E-state index contributed by atoms with van der Waals surface area (Å²) in [5, 5.41) is 0.913. The molecule has 156 valence electrons. The molecule has 0 spiro atoms. The summed E-state index contributed by atoms with van der Waals surface area (Å²) >= 11 is 12.0. The molecule has 0 aromatic heterocycles. The zero-order valence-electron chi connectivity index (χ0n) is 16.1. The van der Waals surface area contributed by atoms with Crippen molar-refractivity contribution in [2.45, 2.75) is 24.8 Å². The fraction of sp³-hybridized carbons (Fsp3) is 0.350. The summed E-state index contributed by atoms with van der Waals surface area (Å²) in [6.45, 7) is 4.60. The summed E-state index contributed by atoms with van der Waals surface area (Å²) in [6.07, 6.45) is -0.728. The maximum absolute atomic E-state index is 12.8. The van der Waals surface area contributed by atoms with Crippen molar-refractivity contribution in [1.29, 1.82) is 0 Å². The van der Waals surface area contributed by atoms with Crippen LogP contribution < -0.4 is 4.74 Å². The summed E-state index contributed by atoms with van der Waals surface area (Å²) in [7, 11) is -3.62. The van der Waals surface area contributed by atoms with E-state index < -0.39 is 16.1 Å². The van der Waals surface area contributed by atoms with Gasteiger partial charge in [-0.15, -0.1) is 0 Å². The number of carbonyl (C=O) groups is 1. The maximum Gasteiger partial charge on any atom is 0.263 e. The molecule has 9 heteroatoms. The molecule has 6 nitrogen and oxygen atoms in total. The maximum atomic E-state index is 12.8. The van der Waals surface area contributed by atoms with Crippen molar-refractivity contribution in [3.05, 3.63) is 58.1 Å². The van der Waals surface area contributed by atoms with E-state index in [1.54, 1.807) is 36.1 Å². The number of hydrogen-bond donors (Lipinski definition) is 0. The van der Waals surface area contributed by atoms with Crippen LogP contribution in [0.25, 0.3) is 0 Å². The molecule has 0 aliphatic carbocycles. The molecule has 0 radical (unpaired) electrons. The van der Waals surface area contributed by atoms with Crippen LogP contribution in [0.5, 0.6) is 5.75 Å². The van der Waals surface area contributed by atoms with Crippen molar-refractivity contribution < 1.29 is 17.9 Å². The van der Waals surface area contributed by atoms with Gasteiger partial charge in [0.1, 0.15) is 5.75 Å². The van der Waals surface area contributed by atoms with E-state index >= 15 is 0 Å². The molecule has 0 unspecified atom stereocenters. The number of piperazine rings is 1. The van der Waals surface area contributed by atoms with Gasteiger partial charge in [-0.1, -0.05) is 29.3 Å². The van der Waals surface area contributed by atoms with Gasteiger partial charge in [-0.2, -0.15) is 4.31 Å². The number of sulfonamides is 1. The van der Waals surface area contributed by atoms with Crippen LogP contribution in [-0.4, -0.2) is 55.8 Å². The second-order valence-corrected chi connectivity index (χ2v) is 9.66. The Hall–Kier alpha value is -1.80. The van der Waals surface area contributed by atoms with Gasteiger partial charge in [-0.05, 0) is 55.8 Å². The van der Waals surface area contributed by atoms with Gasteiger partial charge in [-0.3, -0.25) is 4.79 Å². The minimum Gasteiger partial charge on any atom is -0.479 e. The Morgan fingerprint density at radius 2 is 1.66 bits per heavy atom. The highest BCUT2D eigenvalue weighted by Gasteiger charge is 2.32. The molecule has 0 bridgehead atoms. The van der Waals surface area contributed by atoms with E-state index in [0.717, 1.165) is 5.56 Å². The van der Waals surface area contributed by atoms with Crippen LogP contribution in [0, 0.1) is 6.92 Å². The van der Waals surface area contributed by atoms with Gasteiger partial charge < -0.3 is 9.64 Å². The smallest absolute Gasteiger partial charge is 0.263 e. The Morgan fingerprint density at radius 1 is 1.03 bits per heavy atom. The van der Waals surface area contributed by atoms with Crippen LogP contribution in [0.4, 0.5) is 0 Å². The van der Waals surface area contributed by atoms with Crippen LogP contribution in [0.3, 0.4) is 0 Å². The van der Waals surface area contributed by atoms with Gasteiger partial charge in [0.2, 0.25) is 10.0 Å². The van der Waals surface area contributed by atoms with Crippen molar-refractivity contribution in [2.75, 3.05) is 26.2 Å². The predicted octanol–water partition coefficient (Wildman–Crippen LogP) is 3.60. The second-order valence-electron chi connectivity index (χ2n) is 6.88. The fourth-order valence-corrected chi connectivity index (χ4v) is 4.81. The lowest BCUT2D eigenvalue weighted by atomic mass is 10.2. The topological polar surface area (TPSA) is 66.9 Å². The van der Waals surface area contributed by atoms with E-state index in [-0.39, 0.29) is 23.9 Å². The summed E-state index contributed by atoms with van der Waals surface area (Å²) in [4.78, 5) is 14.5. The standard InChI is InChI=1S/C20H22Cl2N2O4S/c1-14-3-8-18(22)19(13-14)28-15(2)20(25)23-9-11-24(12-10-23)29(26,27)17-6-4-16(21)5-7-17/h3-8,13,15H,9-12H2,1-2H3/t15-/m0/s1. The highest BCUT2D eigenvalue weighted by molar-refractivity contribution is 7.89. The number of hydrogen-bond acceptors (Lipinski definition) is 4. The molecule has 1 atom stereocenters. The molecule has 1 aliphatic rings. The monoisotopic (exact) mass is 456 g/mol. The molecular formula is C20H22Cl2N2O4S. The Morgan fingerprint density at radius 3 is 2.28 bits per heavy atom. The average Bonchev–Trinajstić information content (AvgIpc) is 2.70. The highest BCUT2D eigenvalue weighted by atomic mass is 35.5. The van der Waals surface area contributed by atoms with Crippen LogP contribution in [0.2, 0.25) is 10.0 Å². The molecule has 1 heterocycles. The number of rotatable bonds is 5. The summed E-state index contributed by atoms with van der Waals surface area (Å²) in [5.74, 6) is 0.252. The predicted molar refractivity (Wildman–Crippen MR) is 113 cm³/mol. The summed E-state index contributed by atoms with van der Waals surface area (Å²) in [5.41, 5.74) is 0.977. The number of benzene rings is 2. The summed E-state index contributed by atoms with van der Waals surface area (Å²) < 4.78 is 32.6. The molecule has 1 saturated heterocycles. The number of carbonyl (C=O) groups excluding carboxylic acids is 1. The van der Waals surface area contributed by atoms with Crippen molar-refractivity contribution in [3.8, 4) is 5.75 Å². The van der Waals surface area contributed by atoms with Gasteiger partial charge in [0.15, 0.2) is 6.10 Å². The lowest BCUT2D eigenvalue weighted by Crippen LogP contribution is -2.53. The van der Waals surface area contributed by atoms with Crippen LogP contribution in [0.1, 0.15) is 12.5 Å². The fourth-order valence-electron chi connectivity index (χ4n) is 3.10. The summed E-state index contributed by atoms with van der Waals surface area (Å²) in [6, 6.07) is 11.4. The first-order valence-electron chi connectivity index (χ1n) is 9.16. The zero-order chi connectivity index (χ0) is 21.2. The largest absolute Gasteiger partial charge is 0.479 e. The van der Waals surface area contributed by atoms with Gasteiger partial charge >= 0.3 is 0 Å². The van der Waals surface area contributed by atoms with E-state index in [1.165, 1.54) is 16.4 Å². The number of aryl methyl sites for hydroxylation is 1. The zero-order valence-corrected chi connectivity index (χ0v) is 18.5. The van der Waals surface area contributed by atoms with Crippen molar-refractivity contribution in [2.24, 2.45) is 0 Å². The van der Waals surface area contributed by atoms with E-state index in [4.69, 9.17) is 27.9 Å². The molecule has 1 aliphatic heterocycles. The molecule has 2 aromatic carbocycles. The normalized spacial score (nSPS) is 16.5. The molecule has 0 saturated carbocycles. The third kappa shape index (κ3) is 5.04. The van der Waals surface area contributed by atoms with Gasteiger partial charge in [-0.25, -0.2) is 8.42 Å². The van der Waals surface area contributed by atoms with E-state index in [9.17, 15) is 13.2 Å². The quantitative estimate of drug-likeness (QED) is 0.688. The van der Waals surface area contributed by atoms with Crippen LogP contribution >= 0.6 is 23.2 Å². The minimum atomic E-state index is -3.62. The average molecular weight is 457 g/mol. The van der Waals surface area contributed by atoms with Crippen LogP contribution in [-0.2, 0) is 14.8 Å². The molecule has 2 aromatic rings. The molecule has 0 N–H and O–H groups in total. The Balaban J connectivity index is 1.61. The molecular weight excluding hydrogens is 435 g/mol. The highest BCUT2D eigenvalue weighted by Crippen LogP contribution is 2.27. The van der Waals surface area contributed by atoms with Crippen molar-refractivity contribution >= 4 is 39.1 Å². The third-order valence-electron chi connectivity index (χ3n) is 4.74. The first-order chi connectivity index (χ1) is 13.7. The lowest BCUT2D eigenvalue weighted by molar-refractivity contribution is -0.139. The number of amides is 1. The van der Waals surface area contributed by atoms with Crippen molar-refractivity contribution in [1.82, 2.24) is 9.21 Å². The number of halogens is 2. The Labute approximate surface area is 181 Å². The van der Waals surface area contributed by atoms with E-state index in [0.29, 0.717) is 28.9 Å². The Kier molecular flexibility index (Phi) is 6.73. The molecule has 29 heavy (non-hydrogen) atoms. The first-order valence-corrected chi connectivity index (χ1v) is 11.4. The molecule has 3 rings (SSSR count). The lowest BCUT2D eigenvalue weighted by Gasteiger charge is -2.35. The van der Waals surface area contributed by atoms with Gasteiger partial charge in [0, 0.05) is 31.2 Å². The third-order valence-corrected chi connectivity index (χ3v) is 7.22. The Bertz CT molecular complexity index is 988. The molecule has 1 fully saturated rings. The number of nitrogens with zero attached hydrogens (tertiary/aromatic N) is 2. The first kappa shape index (κ1) is 21.9. The van der Waals surface area contributed by atoms with Crippen LogP contribution in [0.15, 0.2) is 47.4 Å². The van der Waals surface area contributed by atoms with Gasteiger partial charge in [0.25, 0.3) is 5.91 Å². The minimum absolute atomic E-state index is 0.187. The number of ether oxygens (including phenoxy) is 1. The molecule has 1 amide bonds. The SMILES string of the molecule is Cc1ccc(Cl)c(O[C@@H](C)C(=O)N2CCN(S(=O)(=O)c3ccc(Cl)cc3)CC2)c1. The van der Waals surface area contributed by atoms with Gasteiger partial charge in [0.05, 0.1) is 9.92 Å². The van der Waals surface area contributed by atoms with E-state index in [1.807, 2.05) is 13.0 Å². The van der Waals surface area contributed by atoms with Crippen molar-refractivity contribution in [3.63, 3.8) is 0 Å². The second kappa shape index (κ2) is 8.92.